The first-order valence-corrected chi connectivity index (χ1v) is 5.49. The molecule has 0 spiro atoms. The van der Waals surface area contributed by atoms with Crippen LogP contribution in [0.5, 0.6) is 0 Å². The third kappa shape index (κ3) is 2.07. The van der Waals surface area contributed by atoms with Gasteiger partial charge in [0.15, 0.2) is 11.6 Å². The number of nitrogen functional groups attached to an aromatic ring is 1. The van der Waals surface area contributed by atoms with Gasteiger partial charge in [0, 0.05) is 16.8 Å². The number of halogens is 2. The lowest BCUT2D eigenvalue weighted by molar-refractivity contribution is 0.214. The largest absolute Gasteiger partial charge is 0.398 e. The van der Waals surface area contributed by atoms with E-state index in [-0.39, 0.29) is 11.1 Å². The van der Waals surface area contributed by atoms with Crippen molar-refractivity contribution in [3.63, 3.8) is 0 Å². The third-order valence-corrected chi connectivity index (χ3v) is 2.89. The van der Waals surface area contributed by atoms with Gasteiger partial charge in [-0.25, -0.2) is 8.78 Å². The van der Waals surface area contributed by atoms with E-state index in [0.29, 0.717) is 11.3 Å². The van der Waals surface area contributed by atoms with Gasteiger partial charge in [-0.1, -0.05) is 30.3 Å². The molecule has 0 aliphatic heterocycles. The van der Waals surface area contributed by atoms with E-state index in [9.17, 15) is 13.9 Å². The number of para-hydroxylation sites is 1. The monoisotopic (exact) mass is 249 g/mol. The summed E-state index contributed by atoms with van der Waals surface area (Å²) in [4.78, 5) is 0. The van der Waals surface area contributed by atoms with Crippen LogP contribution in [-0.2, 0) is 0 Å². The van der Waals surface area contributed by atoms with Gasteiger partial charge in [-0.05, 0) is 18.6 Å². The highest BCUT2D eigenvalue weighted by Gasteiger charge is 2.20. The van der Waals surface area contributed by atoms with E-state index >= 15 is 0 Å². The molecule has 18 heavy (non-hydrogen) atoms. The first-order valence-electron chi connectivity index (χ1n) is 5.49. The Bertz CT molecular complexity index is 584. The summed E-state index contributed by atoms with van der Waals surface area (Å²) in [5, 5.41) is 10.1. The zero-order valence-corrected chi connectivity index (χ0v) is 9.82. The molecule has 0 saturated carbocycles. The van der Waals surface area contributed by atoms with Crippen LogP contribution in [0.2, 0.25) is 0 Å². The number of aliphatic hydroxyl groups excluding tert-OH is 1. The second-order valence-electron chi connectivity index (χ2n) is 4.13. The lowest BCUT2D eigenvalue weighted by atomic mass is 9.98. The van der Waals surface area contributed by atoms with E-state index in [0.717, 1.165) is 0 Å². The number of hydrogen-bond acceptors (Lipinski definition) is 2. The highest BCUT2D eigenvalue weighted by molar-refractivity contribution is 5.50. The smallest absolute Gasteiger partial charge is 0.165 e. The Kier molecular flexibility index (Phi) is 3.30. The van der Waals surface area contributed by atoms with E-state index in [1.54, 1.807) is 24.3 Å². The van der Waals surface area contributed by atoms with Crippen LogP contribution in [0.25, 0.3) is 0 Å². The van der Waals surface area contributed by atoms with Crippen LogP contribution >= 0.6 is 0 Å². The molecule has 0 bridgehead atoms. The summed E-state index contributed by atoms with van der Waals surface area (Å²) in [7, 11) is 0. The molecule has 1 atom stereocenters. The fourth-order valence-corrected chi connectivity index (χ4v) is 1.80. The van der Waals surface area contributed by atoms with E-state index in [4.69, 9.17) is 5.73 Å². The van der Waals surface area contributed by atoms with Crippen molar-refractivity contribution in [2.45, 2.75) is 13.0 Å². The van der Waals surface area contributed by atoms with Crippen LogP contribution < -0.4 is 5.73 Å². The fraction of sp³-hybridized carbons (Fsp3) is 0.143. The topological polar surface area (TPSA) is 46.2 Å². The quantitative estimate of drug-likeness (QED) is 0.804. The Hall–Kier alpha value is -1.94. The van der Waals surface area contributed by atoms with Gasteiger partial charge < -0.3 is 10.8 Å². The molecule has 0 radical (unpaired) electrons. The summed E-state index contributed by atoms with van der Waals surface area (Å²) < 4.78 is 27.2. The highest BCUT2D eigenvalue weighted by atomic mass is 19.2. The minimum Gasteiger partial charge on any atom is -0.398 e. The average molecular weight is 249 g/mol. The number of nitrogens with two attached hydrogens (primary N) is 1. The molecule has 0 heterocycles. The molecular formula is C14H13F2NO. The molecule has 0 aromatic heterocycles. The van der Waals surface area contributed by atoms with Crippen molar-refractivity contribution < 1.29 is 13.9 Å². The number of aryl methyl sites for hydroxylation is 1. The van der Waals surface area contributed by atoms with Crippen molar-refractivity contribution in [3.8, 4) is 0 Å². The van der Waals surface area contributed by atoms with E-state index in [1.807, 2.05) is 0 Å². The molecule has 94 valence electrons. The normalized spacial score (nSPS) is 12.4. The second kappa shape index (κ2) is 4.74. The van der Waals surface area contributed by atoms with Crippen LogP contribution in [0.15, 0.2) is 36.4 Å². The predicted molar refractivity (Wildman–Crippen MR) is 66.0 cm³/mol. The maximum atomic E-state index is 13.8. The summed E-state index contributed by atoms with van der Waals surface area (Å²) in [6.45, 7) is 1.46. The Morgan fingerprint density at radius 3 is 2.33 bits per heavy atom. The van der Waals surface area contributed by atoms with Gasteiger partial charge in [0.1, 0.15) is 6.10 Å². The Morgan fingerprint density at radius 2 is 1.67 bits per heavy atom. The van der Waals surface area contributed by atoms with Gasteiger partial charge in [0.25, 0.3) is 0 Å². The van der Waals surface area contributed by atoms with Crippen molar-refractivity contribution in [1.29, 1.82) is 0 Å². The first kappa shape index (κ1) is 12.5. The molecule has 0 fully saturated rings. The average Bonchev–Trinajstić information content (AvgIpc) is 2.36. The Balaban J connectivity index is 2.50. The molecule has 2 nitrogen and oxygen atoms in total. The van der Waals surface area contributed by atoms with Gasteiger partial charge in [-0.3, -0.25) is 0 Å². The first-order chi connectivity index (χ1) is 8.52. The van der Waals surface area contributed by atoms with Gasteiger partial charge in [0.05, 0.1) is 0 Å². The summed E-state index contributed by atoms with van der Waals surface area (Å²) >= 11 is 0. The van der Waals surface area contributed by atoms with Gasteiger partial charge in [-0.2, -0.15) is 0 Å². The second-order valence-corrected chi connectivity index (χ2v) is 4.13. The molecule has 0 amide bonds. The lowest BCUT2D eigenvalue weighted by Crippen LogP contribution is -2.07. The van der Waals surface area contributed by atoms with Crippen LogP contribution in [0.3, 0.4) is 0 Å². The van der Waals surface area contributed by atoms with Gasteiger partial charge in [0.2, 0.25) is 0 Å². The number of rotatable bonds is 2. The zero-order chi connectivity index (χ0) is 13.3. The number of aliphatic hydroxyl groups is 1. The summed E-state index contributed by atoms with van der Waals surface area (Å²) in [5.74, 6) is -1.98. The summed E-state index contributed by atoms with van der Waals surface area (Å²) in [6.07, 6.45) is -1.28. The zero-order valence-electron chi connectivity index (χ0n) is 9.82. The van der Waals surface area contributed by atoms with Gasteiger partial charge >= 0.3 is 0 Å². The number of anilines is 1. The van der Waals surface area contributed by atoms with E-state index < -0.39 is 17.7 Å². The van der Waals surface area contributed by atoms with Crippen LogP contribution in [-0.4, -0.2) is 5.11 Å². The maximum absolute atomic E-state index is 13.8. The molecule has 3 N–H and O–H groups in total. The molecule has 0 saturated heterocycles. The van der Waals surface area contributed by atoms with E-state index in [1.165, 1.54) is 19.1 Å². The highest BCUT2D eigenvalue weighted by Crippen LogP contribution is 2.29. The molecule has 1 unspecified atom stereocenters. The third-order valence-electron chi connectivity index (χ3n) is 2.89. The number of hydrogen-bond donors (Lipinski definition) is 2. The maximum Gasteiger partial charge on any atom is 0.165 e. The minimum absolute atomic E-state index is 0.115. The van der Waals surface area contributed by atoms with Crippen molar-refractivity contribution in [3.05, 3.63) is 64.7 Å². The molecule has 0 aliphatic carbocycles. The number of benzene rings is 2. The fourth-order valence-electron chi connectivity index (χ4n) is 1.80. The molecule has 4 heteroatoms. The van der Waals surface area contributed by atoms with Crippen molar-refractivity contribution in [2.24, 2.45) is 0 Å². The Morgan fingerprint density at radius 1 is 1.00 bits per heavy atom. The van der Waals surface area contributed by atoms with Crippen LogP contribution in [0.1, 0.15) is 22.8 Å². The SMILES string of the molecule is Cc1ccc(C(O)c2ccccc2N)c(F)c1F. The molecule has 2 aromatic rings. The van der Waals surface area contributed by atoms with Crippen LogP contribution in [0, 0.1) is 18.6 Å². The standard InChI is InChI=1S/C14H13F2NO/c1-8-6-7-10(13(16)12(8)15)14(18)9-4-2-3-5-11(9)17/h2-7,14,18H,17H2,1H3. The molecule has 2 rings (SSSR count). The van der Waals surface area contributed by atoms with Crippen molar-refractivity contribution in [1.82, 2.24) is 0 Å². The van der Waals surface area contributed by atoms with Crippen molar-refractivity contribution >= 4 is 5.69 Å². The van der Waals surface area contributed by atoms with Crippen LogP contribution in [0.4, 0.5) is 14.5 Å². The molecule has 2 aromatic carbocycles. The molecular weight excluding hydrogens is 236 g/mol. The minimum atomic E-state index is -1.28. The summed E-state index contributed by atoms with van der Waals surface area (Å²) in [6, 6.07) is 9.36. The van der Waals surface area contributed by atoms with Gasteiger partial charge in [-0.15, -0.1) is 0 Å². The molecule has 0 aliphatic rings. The lowest BCUT2D eigenvalue weighted by Gasteiger charge is -2.15. The Labute approximate surface area is 104 Å². The summed E-state index contributed by atoms with van der Waals surface area (Å²) in [5.41, 5.74) is 6.48. The predicted octanol–water partition coefficient (Wildman–Crippen LogP) is 2.94. The van der Waals surface area contributed by atoms with E-state index in [2.05, 4.69) is 0 Å². The van der Waals surface area contributed by atoms with Crippen molar-refractivity contribution in [2.75, 3.05) is 5.73 Å².